The number of anilines is 1. The zero-order valence-electron chi connectivity index (χ0n) is 21.9. The number of pyridine rings is 2. The van der Waals surface area contributed by atoms with Crippen LogP contribution in [0.15, 0.2) is 35.4 Å². The van der Waals surface area contributed by atoms with Crippen LogP contribution in [0.25, 0.3) is 22.3 Å². The Balaban J connectivity index is 1.92. The van der Waals surface area contributed by atoms with Gasteiger partial charge in [-0.1, -0.05) is 20.8 Å². The first kappa shape index (κ1) is 27.5. The molecule has 0 amide bonds. The summed E-state index contributed by atoms with van der Waals surface area (Å²) in [5.74, 6) is 0.784. The van der Waals surface area contributed by atoms with Crippen molar-refractivity contribution in [2.75, 3.05) is 45.3 Å². The van der Waals surface area contributed by atoms with E-state index >= 15 is 0 Å². The molecule has 0 aromatic carbocycles. The van der Waals surface area contributed by atoms with Crippen LogP contribution < -0.4 is 20.9 Å². The van der Waals surface area contributed by atoms with E-state index in [0.717, 1.165) is 17.5 Å². The maximum atomic E-state index is 13.5. The summed E-state index contributed by atoms with van der Waals surface area (Å²) >= 11 is 0. The summed E-state index contributed by atoms with van der Waals surface area (Å²) in [6.45, 7) is 10.8. The minimum atomic E-state index is -0.220. The molecule has 0 aliphatic carbocycles. The summed E-state index contributed by atoms with van der Waals surface area (Å²) in [7, 11) is 1.57. The number of nitrogens with zero attached hydrogens (tertiary/aromatic N) is 4. The van der Waals surface area contributed by atoms with Crippen LogP contribution in [0, 0.1) is 5.41 Å². The quantitative estimate of drug-likeness (QED) is 0.288. The summed E-state index contributed by atoms with van der Waals surface area (Å²) in [6, 6.07) is 5.60. The average Bonchev–Trinajstić information content (AvgIpc) is 2.89. The number of aromatic nitrogens is 4. The number of aliphatic hydroxyl groups excluding tert-OH is 1. The van der Waals surface area contributed by atoms with Crippen LogP contribution in [0.2, 0.25) is 0 Å². The number of hydrogen-bond donors (Lipinski definition) is 3. The topological polar surface area (TPSA) is 123 Å². The minimum absolute atomic E-state index is 0.00251. The third-order valence-corrected chi connectivity index (χ3v) is 5.83. The molecule has 3 N–H and O–H groups in total. The molecule has 10 nitrogen and oxygen atoms in total. The Labute approximate surface area is 212 Å². The molecule has 0 saturated heterocycles. The average molecular weight is 499 g/mol. The van der Waals surface area contributed by atoms with Crippen LogP contribution in [0.5, 0.6) is 5.88 Å². The fourth-order valence-electron chi connectivity index (χ4n) is 3.59. The number of hydrogen-bond acceptors (Lipinski definition) is 9. The highest BCUT2D eigenvalue weighted by molar-refractivity contribution is 5.78. The summed E-state index contributed by atoms with van der Waals surface area (Å²) in [5, 5.41) is 15.8. The maximum absolute atomic E-state index is 13.5. The van der Waals surface area contributed by atoms with E-state index in [1.807, 2.05) is 26.0 Å². The van der Waals surface area contributed by atoms with Crippen LogP contribution in [0.4, 0.5) is 5.82 Å². The molecule has 3 rings (SSSR count). The van der Waals surface area contributed by atoms with Crippen LogP contribution in [0.3, 0.4) is 0 Å². The largest absolute Gasteiger partial charge is 0.481 e. The van der Waals surface area contributed by atoms with Crippen molar-refractivity contribution < 1.29 is 14.6 Å². The zero-order valence-corrected chi connectivity index (χ0v) is 21.9. The van der Waals surface area contributed by atoms with Gasteiger partial charge in [0.2, 0.25) is 5.88 Å². The molecule has 0 saturated carbocycles. The monoisotopic (exact) mass is 498 g/mol. The Kier molecular flexibility index (Phi) is 9.74. The Morgan fingerprint density at radius 2 is 1.92 bits per heavy atom. The van der Waals surface area contributed by atoms with Gasteiger partial charge in [0, 0.05) is 61.9 Å². The van der Waals surface area contributed by atoms with Gasteiger partial charge in [-0.2, -0.15) is 0 Å². The summed E-state index contributed by atoms with van der Waals surface area (Å²) in [6.07, 6.45) is 4.35. The molecular formula is C26H38N6O4. The third-order valence-electron chi connectivity index (χ3n) is 5.83. The highest BCUT2D eigenvalue weighted by atomic mass is 16.5. The van der Waals surface area contributed by atoms with Crippen molar-refractivity contribution in [3.8, 4) is 17.0 Å². The first-order valence-electron chi connectivity index (χ1n) is 12.3. The fraction of sp³-hybridized carbons (Fsp3) is 0.538. The summed E-state index contributed by atoms with van der Waals surface area (Å²) in [4.78, 5) is 26.9. The Bertz CT molecular complexity index is 1180. The van der Waals surface area contributed by atoms with Crippen molar-refractivity contribution in [3.05, 3.63) is 40.9 Å². The van der Waals surface area contributed by atoms with Gasteiger partial charge in [-0.3, -0.25) is 9.36 Å². The third kappa shape index (κ3) is 7.22. The van der Waals surface area contributed by atoms with Gasteiger partial charge in [0.25, 0.3) is 5.56 Å². The number of aliphatic hydroxyl groups is 1. The van der Waals surface area contributed by atoms with Crippen molar-refractivity contribution in [3.63, 3.8) is 0 Å². The number of rotatable bonds is 14. The van der Waals surface area contributed by atoms with E-state index < -0.39 is 0 Å². The highest BCUT2D eigenvalue weighted by Crippen LogP contribution is 2.23. The first-order chi connectivity index (χ1) is 17.3. The zero-order chi connectivity index (χ0) is 26.1. The molecule has 0 radical (unpaired) electrons. The molecule has 3 aromatic rings. The molecule has 1 atom stereocenters. The van der Waals surface area contributed by atoms with E-state index in [4.69, 9.17) is 9.47 Å². The number of nitrogens with one attached hydrogen (secondary N) is 2. The molecule has 10 heteroatoms. The second-order valence-electron chi connectivity index (χ2n) is 9.67. The van der Waals surface area contributed by atoms with Crippen molar-refractivity contribution in [1.29, 1.82) is 0 Å². The number of ether oxygens (including phenoxy) is 2. The molecule has 0 fully saturated rings. The molecule has 3 heterocycles. The van der Waals surface area contributed by atoms with Gasteiger partial charge in [-0.25, -0.2) is 15.0 Å². The Morgan fingerprint density at radius 3 is 2.58 bits per heavy atom. The Morgan fingerprint density at radius 1 is 1.14 bits per heavy atom. The van der Waals surface area contributed by atoms with Gasteiger partial charge >= 0.3 is 0 Å². The SMILES string of the molecule is CCCOCCn1c(=O)c(NCC(C)(C)CN[C@H](C)CO)nc2ncc(-c3ccc(OC)nc3)cc21. The summed E-state index contributed by atoms with van der Waals surface area (Å²) in [5.41, 5.74) is 2.40. The van der Waals surface area contributed by atoms with Gasteiger partial charge < -0.3 is 25.2 Å². The van der Waals surface area contributed by atoms with Crippen molar-refractivity contribution in [2.45, 2.75) is 46.7 Å². The first-order valence-corrected chi connectivity index (χ1v) is 12.3. The Hall–Kier alpha value is -3.08. The molecular weight excluding hydrogens is 460 g/mol. The van der Waals surface area contributed by atoms with E-state index in [1.54, 1.807) is 30.1 Å². The number of methoxy groups -OCH3 is 1. The molecule has 0 bridgehead atoms. The molecule has 0 spiro atoms. The van der Waals surface area contributed by atoms with Crippen molar-refractivity contribution >= 4 is 17.0 Å². The molecule has 196 valence electrons. The van der Waals surface area contributed by atoms with Gasteiger partial charge in [0.15, 0.2) is 11.5 Å². The van der Waals surface area contributed by atoms with Gasteiger partial charge in [0.1, 0.15) is 0 Å². The minimum Gasteiger partial charge on any atom is -0.481 e. The lowest BCUT2D eigenvalue weighted by atomic mass is 9.93. The lowest BCUT2D eigenvalue weighted by molar-refractivity contribution is 0.127. The molecule has 3 aromatic heterocycles. The lowest BCUT2D eigenvalue weighted by Gasteiger charge is -2.27. The lowest BCUT2D eigenvalue weighted by Crippen LogP contribution is -2.41. The van der Waals surface area contributed by atoms with E-state index in [9.17, 15) is 9.90 Å². The van der Waals surface area contributed by atoms with Gasteiger partial charge in [-0.05, 0) is 30.9 Å². The van der Waals surface area contributed by atoms with E-state index in [2.05, 4.69) is 39.4 Å². The van der Waals surface area contributed by atoms with Crippen molar-refractivity contribution in [1.82, 2.24) is 24.8 Å². The molecule has 0 aliphatic heterocycles. The van der Waals surface area contributed by atoms with Crippen LogP contribution in [-0.4, -0.2) is 70.7 Å². The highest BCUT2D eigenvalue weighted by Gasteiger charge is 2.21. The van der Waals surface area contributed by atoms with E-state index in [-0.39, 0.29) is 29.4 Å². The second-order valence-corrected chi connectivity index (χ2v) is 9.67. The maximum Gasteiger partial charge on any atom is 0.293 e. The smallest absolute Gasteiger partial charge is 0.293 e. The van der Waals surface area contributed by atoms with Crippen molar-refractivity contribution in [2.24, 2.45) is 5.41 Å². The van der Waals surface area contributed by atoms with Gasteiger partial charge in [-0.15, -0.1) is 0 Å². The molecule has 36 heavy (non-hydrogen) atoms. The fourth-order valence-corrected chi connectivity index (χ4v) is 3.59. The predicted molar refractivity (Wildman–Crippen MR) is 142 cm³/mol. The van der Waals surface area contributed by atoms with Crippen LogP contribution in [0.1, 0.15) is 34.1 Å². The van der Waals surface area contributed by atoms with Crippen LogP contribution >= 0.6 is 0 Å². The summed E-state index contributed by atoms with van der Waals surface area (Å²) < 4.78 is 12.5. The van der Waals surface area contributed by atoms with E-state index in [1.165, 1.54) is 0 Å². The standard InChI is InChI=1S/C26H38N6O4/c1-6-10-36-11-9-32-21-12-20(19-7-8-22(35-5)27-13-19)14-28-23(21)31-24(25(32)34)30-17-26(3,4)16-29-18(2)15-33/h7-8,12-14,18,29,33H,6,9-11,15-17H2,1-5H3,(H,28,30,31)/t18-/m1/s1. The molecule has 0 aliphatic rings. The predicted octanol–water partition coefficient (Wildman–Crippen LogP) is 2.70. The molecule has 0 unspecified atom stereocenters. The normalized spacial score (nSPS) is 12.6. The number of fused-ring (bicyclic) bond motifs is 1. The van der Waals surface area contributed by atoms with Crippen LogP contribution in [-0.2, 0) is 11.3 Å². The van der Waals surface area contributed by atoms with E-state index in [0.29, 0.717) is 49.9 Å². The van der Waals surface area contributed by atoms with Gasteiger partial charge in [0.05, 0.1) is 25.8 Å². The second kappa shape index (κ2) is 12.8.